The lowest BCUT2D eigenvalue weighted by Gasteiger charge is -2.39. The van der Waals surface area contributed by atoms with Crippen LogP contribution >= 0.6 is 0 Å². The van der Waals surface area contributed by atoms with Gasteiger partial charge in [-0.25, -0.2) is 10.9 Å². The van der Waals surface area contributed by atoms with Gasteiger partial charge in [0.25, 0.3) is 10.2 Å². The van der Waals surface area contributed by atoms with Crippen LogP contribution < -0.4 is 10.9 Å². The Balaban J connectivity index is 1.48. The zero-order valence-electron chi connectivity index (χ0n) is 14.6. The summed E-state index contributed by atoms with van der Waals surface area (Å²) in [6, 6.07) is 10.0. The molecule has 3 heterocycles. The van der Waals surface area contributed by atoms with Crippen LogP contribution in [0.15, 0.2) is 30.3 Å². The summed E-state index contributed by atoms with van der Waals surface area (Å²) in [5.74, 6) is 0. The first-order valence-corrected chi connectivity index (χ1v) is 10.5. The second-order valence-electron chi connectivity index (χ2n) is 7.07. The third-order valence-corrected chi connectivity index (χ3v) is 7.60. The van der Waals surface area contributed by atoms with Crippen LogP contribution in [0.1, 0.15) is 30.9 Å². The first-order chi connectivity index (χ1) is 12.6. The number of hydrazine groups is 1. The average molecular weight is 376 g/mol. The summed E-state index contributed by atoms with van der Waals surface area (Å²) in [6.07, 6.45) is 4.06. The average Bonchev–Trinajstić information content (AvgIpc) is 3.31. The Labute approximate surface area is 154 Å². The van der Waals surface area contributed by atoms with Crippen LogP contribution in [-0.4, -0.2) is 60.3 Å². The Morgan fingerprint density at radius 1 is 1.08 bits per heavy atom. The molecule has 0 aliphatic carbocycles. The van der Waals surface area contributed by atoms with Crippen LogP contribution in [0.3, 0.4) is 0 Å². The second kappa shape index (κ2) is 7.13. The fraction of sp³-hybridized carbons (Fsp3) is 0.588. The molecular weight excluding hydrogens is 352 g/mol. The minimum absolute atomic E-state index is 0.0901. The van der Waals surface area contributed by atoms with Crippen molar-refractivity contribution in [2.45, 2.75) is 37.5 Å². The van der Waals surface area contributed by atoms with Gasteiger partial charge in [0.2, 0.25) is 0 Å². The summed E-state index contributed by atoms with van der Waals surface area (Å²) < 4.78 is 29.6. The van der Waals surface area contributed by atoms with Crippen LogP contribution in [0.25, 0.3) is 0 Å². The molecule has 1 aromatic rings. The smallest absolute Gasteiger partial charge is 0.283 e. The van der Waals surface area contributed by atoms with Crippen molar-refractivity contribution in [1.29, 1.82) is 5.26 Å². The van der Waals surface area contributed by atoms with Crippen molar-refractivity contribution in [3.05, 3.63) is 35.9 Å². The van der Waals surface area contributed by atoms with E-state index in [4.69, 9.17) is 5.26 Å². The molecule has 9 heteroatoms. The van der Waals surface area contributed by atoms with Crippen molar-refractivity contribution in [1.82, 2.24) is 24.4 Å². The molecule has 0 bridgehead atoms. The van der Waals surface area contributed by atoms with Gasteiger partial charge in [0, 0.05) is 38.3 Å². The summed E-state index contributed by atoms with van der Waals surface area (Å²) in [5.41, 5.74) is 7.55. The van der Waals surface area contributed by atoms with E-state index >= 15 is 0 Å². The van der Waals surface area contributed by atoms with Crippen LogP contribution in [-0.2, 0) is 10.2 Å². The Morgan fingerprint density at radius 3 is 2.58 bits per heavy atom. The maximum Gasteiger partial charge on any atom is 0.283 e. The highest BCUT2D eigenvalue weighted by Crippen LogP contribution is 2.30. The summed E-state index contributed by atoms with van der Waals surface area (Å²) in [4.78, 5) is 1.64. The van der Waals surface area contributed by atoms with Crippen LogP contribution in [0.2, 0.25) is 0 Å². The number of nitriles is 1. The Kier molecular flexibility index (Phi) is 4.86. The van der Waals surface area contributed by atoms with Crippen molar-refractivity contribution in [2.24, 2.45) is 0 Å². The fourth-order valence-corrected chi connectivity index (χ4v) is 6.13. The maximum atomic E-state index is 13.2. The van der Waals surface area contributed by atoms with Gasteiger partial charge < -0.3 is 4.90 Å². The molecule has 3 aliphatic heterocycles. The first kappa shape index (κ1) is 17.7. The van der Waals surface area contributed by atoms with E-state index in [-0.39, 0.29) is 18.2 Å². The highest BCUT2D eigenvalue weighted by atomic mass is 32.2. The zero-order chi connectivity index (χ0) is 18.1. The molecule has 4 rings (SSSR count). The summed E-state index contributed by atoms with van der Waals surface area (Å²) in [7, 11) is -3.54. The molecular formula is C17H24N6O2S. The highest BCUT2D eigenvalue weighted by Gasteiger charge is 2.45. The molecule has 1 aromatic carbocycles. The third-order valence-electron chi connectivity index (χ3n) is 5.49. The lowest BCUT2D eigenvalue weighted by molar-refractivity contribution is 0.200. The van der Waals surface area contributed by atoms with Gasteiger partial charge in [0.15, 0.2) is 6.19 Å². The molecule has 0 aromatic heterocycles. The number of rotatable bonds is 3. The van der Waals surface area contributed by atoms with E-state index in [1.165, 1.54) is 0 Å². The molecule has 8 nitrogen and oxygen atoms in total. The molecule has 0 radical (unpaired) electrons. The Morgan fingerprint density at radius 2 is 1.85 bits per heavy atom. The number of hydrogen-bond acceptors (Lipinski definition) is 6. The van der Waals surface area contributed by atoms with E-state index in [0.717, 1.165) is 12.0 Å². The SMILES string of the molecule is N#CN1CC[C@@H](N2CCCN(C3CC(c4ccccc4)NN3)S2(=O)=O)C1. The molecule has 2 unspecified atom stereocenters. The molecule has 3 atom stereocenters. The van der Waals surface area contributed by atoms with E-state index in [1.807, 2.05) is 30.3 Å². The third kappa shape index (κ3) is 3.19. The van der Waals surface area contributed by atoms with E-state index in [1.54, 1.807) is 13.5 Å². The minimum Gasteiger partial charge on any atom is -0.309 e. The quantitative estimate of drug-likeness (QED) is 0.740. The lowest BCUT2D eigenvalue weighted by Crippen LogP contribution is -2.59. The molecule has 140 valence electrons. The largest absolute Gasteiger partial charge is 0.309 e. The number of hydrogen-bond donors (Lipinski definition) is 2. The van der Waals surface area contributed by atoms with Gasteiger partial charge in [0.1, 0.15) is 0 Å². The standard InChI is InChI=1S/C17H24N6O2S/c18-13-21-10-7-15(12-21)22-8-4-9-23(26(22,24)25)17-11-16(19-20-17)14-5-2-1-3-6-14/h1-3,5-6,15-17,19-20H,4,7-12H2/t15-,16?,17?/m1/s1. The second-order valence-corrected chi connectivity index (χ2v) is 8.91. The number of benzene rings is 1. The summed E-state index contributed by atoms with van der Waals surface area (Å²) >= 11 is 0. The van der Waals surface area contributed by atoms with Gasteiger partial charge >= 0.3 is 0 Å². The van der Waals surface area contributed by atoms with Gasteiger partial charge in [-0.2, -0.15) is 22.3 Å². The molecule has 0 amide bonds. The van der Waals surface area contributed by atoms with Gasteiger partial charge in [-0.1, -0.05) is 30.3 Å². The molecule has 26 heavy (non-hydrogen) atoms. The van der Waals surface area contributed by atoms with Crippen molar-refractivity contribution in [3.63, 3.8) is 0 Å². The molecule has 3 fully saturated rings. The van der Waals surface area contributed by atoms with E-state index in [2.05, 4.69) is 17.0 Å². The predicted molar refractivity (Wildman–Crippen MR) is 96.4 cm³/mol. The predicted octanol–water partition coefficient (Wildman–Crippen LogP) is 0.360. The molecule has 2 N–H and O–H groups in total. The monoisotopic (exact) mass is 376 g/mol. The van der Waals surface area contributed by atoms with Gasteiger partial charge in [0.05, 0.1) is 6.17 Å². The summed E-state index contributed by atoms with van der Waals surface area (Å²) in [5, 5.41) is 9.05. The highest BCUT2D eigenvalue weighted by molar-refractivity contribution is 7.86. The number of nitrogens with one attached hydrogen (secondary N) is 2. The first-order valence-electron chi connectivity index (χ1n) is 9.09. The molecule has 3 saturated heterocycles. The Bertz CT molecular complexity index is 780. The minimum atomic E-state index is -3.54. The topological polar surface area (TPSA) is 91.7 Å². The van der Waals surface area contributed by atoms with Crippen molar-refractivity contribution in [2.75, 3.05) is 26.2 Å². The van der Waals surface area contributed by atoms with Crippen LogP contribution in [0.4, 0.5) is 0 Å². The maximum absolute atomic E-state index is 13.2. The normalized spacial score (nSPS) is 32.6. The van der Waals surface area contributed by atoms with Crippen molar-refractivity contribution in [3.8, 4) is 6.19 Å². The fourth-order valence-electron chi connectivity index (χ4n) is 4.14. The van der Waals surface area contributed by atoms with Crippen molar-refractivity contribution >= 4 is 10.2 Å². The zero-order valence-corrected chi connectivity index (χ0v) is 15.4. The Hall–Kier alpha value is -1.70. The number of nitrogens with zero attached hydrogens (tertiary/aromatic N) is 4. The van der Waals surface area contributed by atoms with Gasteiger partial charge in [-0.05, 0) is 24.8 Å². The molecule has 0 saturated carbocycles. The van der Waals surface area contributed by atoms with E-state index < -0.39 is 10.2 Å². The van der Waals surface area contributed by atoms with Crippen LogP contribution in [0.5, 0.6) is 0 Å². The van der Waals surface area contributed by atoms with Gasteiger partial charge in [-0.3, -0.25) is 0 Å². The van der Waals surface area contributed by atoms with Crippen molar-refractivity contribution < 1.29 is 8.42 Å². The molecule has 3 aliphatic rings. The van der Waals surface area contributed by atoms with E-state index in [0.29, 0.717) is 39.0 Å². The lowest BCUT2D eigenvalue weighted by atomic mass is 10.0. The van der Waals surface area contributed by atoms with E-state index in [9.17, 15) is 8.42 Å². The summed E-state index contributed by atoms with van der Waals surface area (Å²) in [6.45, 7) is 2.18. The molecule has 0 spiro atoms. The van der Waals surface area contributed by atoms with Gasteiger partial charge in [-0.15, -0.1) is 0 Å². The number of likely N-dealkylation sites (tertiary alicyclic amines) is 1. The van der Waals surface area contributed by atoms with Crippen LogP contribution in [0, 0.1) is 11.5 Å².